The Morgan fingerprint density at radius 1 is 1.34 bits per heavy atom. The minimum Gasteiger partial charge on any atom is -0.385 e. The number of carbonyl (C=O) groups excluding carboxylic acids is 2. The van der Waals surface area contributed by atoms with Crippen LogP contribution in [0.3, 0.4) is 0 Å². The Balaban J connectivity index is 2.44. The average molecular weight is 401 g/mol. The normalized spacial score (nSPS) is 11.5. The number of benzene rings is 1. The first kappa shape index (κ1) is 22.6. The summed E-state index contributed by atoms with van der Waals surface area (Å²) < 4.78 is 6.98. The van der Waals surface area contributed by atoms with E-state index >= 15 is 0 Å². The van der Waals surface area contributed by atoms with Crippen LogP contribution < -0.4 is 11.1 Å². The molecule has 0 aliphatic heterocycles. The molecule has 0 spiro atoms. The van der Waals surface area contributed by atoms with Crippen LogP contribution in [0.4, 0.5) is 5.69 Å². The Kier molecular flexibility index (Phi) is 7.56. The van der Waals surface area contributed by atoms with Crippen molar-refractivity contribution in [1.82, 2.24) is 9.78 Å². The van der Waals surface area contributed by atoms with E-state index in [4.69, 9.17) is 15.6 Å². The summed E-state index contributed by atoms with van der Waals surface area (Å²) in [5.41, 5.74) is 10.4. The number of rotatable bonds is 11. The van der Waals surface area contributed by atoms with Gasteiger partial charge in [-0.25, -0.2) is 4.68 Å². The predicted octanol–water partition coefficient (Wildman–Crippen LogP) is 3.19. The second-order valence-electron chi connectivity index (χ2n) is 8.15. The number of aromatic nitrogens is 2. The maximum absolute atomic E-state index is 11.8. The van der Waals surface area contributed by atoms with Crippen molar-refractivity contribution >= 4 is 17.9 Å². The van der Waals surface area contributed by atoms with Crippen molar-refractivity contribution in [3.05, 3.63) is 40.7 Å². The fraction of sp³-hybridized carbons (Fsp3) is 0.500. The number of carbonyl (C=O) groups is 2. The van der Waals surface area contributed by atoms with Crippen LogP contribution in [-0.4, -0.2) is 42.2 Å². The number of nitrogens with zero attached hydrogens (tertiary/aromatic N) is 2. The minimum atomic E-state index is -0.481. The molecule has 0 saturated carbocycles. The van der Waals surface area contributed by atoms with Crippen LogP contribution in [0.15, 0.2) is 18.2 Å². The Morgan fingerprint density at radius 3 is 2.69 bits per heavy atom. The molecule has 7 nitrogen and oxygen atoms in total. The van der Waals surface area contributed by atoms with Crippen LogP contribution in [0.2, 0.25) is 0 Å². The number of nitrogens with two attached hydrogens (primary N) is 1. The molecule has 1 heterocycles. The zero-order valence-electron chi connectivity index (χ0n) is 18.0. The first-order valence-electron chi connectivity index (χ1n) is 9.86. The first-order valence-corrected chi connectivity index (χ1v) is 9.86. The minimum absolute atomic E-state index is 0.175. The van der Waals surface area contributed by atoms with Gasteiger partial charge in [0.25, 0.3) is 5.91 Å². The Hall–Kier alpha value is -2.67. The van der Waals surface area contributed by atoms with Gasteiger partial charge in [0.15, 0.2) is 0 Å². The molecule has 29 heavy (non-hydrogen) atoms. The third-order valence-corrected chi connectivity index (χ3v) is 5.12. The molecule has 2 aromatic rings. The highest BCUT2D eigenvalue weighted by Gasteiger charge is 2.24. The highest BCUT2D eigenvalue weighted by atomic mass is 16.5. The number of methoxy groups -OCH3 is 1. The van der Waals surface area contributed by atoms with Gasteiger partial charge >= 0.3 is 0 Å². The molecule has 1 aromatic carbocycles. The zero-order chi connectivity index (χ0) is 21.6. The summed E-state index contributed by atoms with van der Waals surface area (Å²) in [5, 5.41) is 8.00. The van der Waals surface area contributed by atoms with Crippen LogP contribution in [0.25, 0.3) is 5.69 Å². The second-order valence-corrected chi connectivity index (χ2v) is 8.15. The van der Waals surface area contributed by atoms with Crippen molar-refractivity contribution in [3.63, 3.8) is 0 Å². The number of primary amides is 1. The standard InChI is InChI=1S/C22H32N4O3/c1-15-16(2)25-26(20(15)14-22(3,4)9-11-27)17-7-8-18(21(23)28)19(13-17)24-10-6-12-29-5/h7-8,11,13,24H,6,9-10,12,14H2,1-5H3,(H2,23,28). The van der Waals surface area contributed by atoms with Gasteiger partial charge in [-0.2, -0.15) is 5.10 Å². The van der Waals surface area contributed by atoms with E-state index in [9.17, 15) is 9.59 Å². The van der Waals surface area contributed by atoms with Crippen molar-refractivity contribution in [2.45, 2.75) is 47.0 Å². The van der Waals surface area contributed by atoms with Gasteiger partial charge in [0.1, 0.15) is 6.29 Å². The van der Waals surface area contributed by atoms with Crippen molar-refractivity contribution in [2.75, 3.05) is 25.6 Å². The third-order valence-electron chi connectivity index (χ3n) is 5.12. The van der Waals surface area contributed by atoms with E-state index in [0.29, 0.717) is 37.2 Å². The van der Waals surface area contributed by atoms with Crippen LogP contribution >= 0.6 is 0 Å². The molecule has 158 valence electrons. The summed E-state index contributed by atoms with van der Waals surface area (Å²) >= 11 is 0. The highest BCUT2D eigenvalue weighted by molar-refractivity contribution is 5.98. The molecule has 0 unspecified atom stereocenters. The number of ether oxygens (including phenoxy) is 1. The highest BCUT2D eigenvalue weighted by Crippen LogP contribution is 2.30. The van der Waals surface area contributed by atoms with Crippen molar-refractivity contribution in [3.8, 4) is 5.69 Å². The van der Waals surface area contributed by atoms with E-state index in [1.54, 1.807) is 13.2 Å². The number of anilines is 1. The number of aldehydes is 1. The Bertz CT molecular complexity index is 871. The summed E-state index contributed by atoms with van der Waals surface area (Å²) in [7, 11) is 1.66. The Labute approximate surface area is 172 Å². The average Bonchev–Trinajstić information content (AvgIpc) is 2.92. The van der Waals surface area contributed by atoms with Gasteiger partial charge in [-0.3, -0.25) is 4.79 Å². The molecule has 1 amide bonds. The lowest BCUT2D eigenvalue weighted by Crippen LogP contribution is -2.19. The van der Waals surface area contributed by atoms with Gasteiger partial charge in [-0.05, 0) is 55.9 Å². The molecule has 0 aliphatic rings. The molecule has 0 atom stereocenters. The number of amides is 1. The van der Waals surface area contributed by atoms with E-state index in [1.807, 2.05) is 30.7 Å². The summed E-state index contributed by atoms with van der Waals surface area (Å²) in [6.45, 7) is 9.47. The number of hydrogen-bond donors (Lipinski definition) is 2. The molecule has 2 rings (SSSR count). The van der Waals surface area contributed by atoms with Crippen molar-refractivity contribution in [1.29, 1.82) is 0 Å². The lowest BCUT2D eigenvalue weighted by Gasteiger charge is -2.23. The van der Waals surface area contributed by atoms with Crippen LogP contribution in [-0.2, 0) is 16.0 Å². The van der Waals surface area contributed by atoms with Crippen molar-refractivity contribution < 1.29 is 14.3 Å². The molecule has 0 fully saturated rings. The Morgan fingerprint density at radius 2 is 2.07 bits per heavy atom. The summed E-state index contributed by atoms with van der Waals surface area (Å²) in [6.07, 6.45) is 2.97. The van der Waals surface area contributed by atoms with E-state index in [1.165, 1.54) is 0 Å². The molecule has 7 heteroatoms. The lowest BCUT2D eigenvalue weighted by molar-refractivity contribution is -0.109. The molecule has 0 aliphatic carbocycles. The quantitative estimate of drug-likeness (QED) is 0.446. The van der Waals surface area contributed by atoms with Gasteiger partial charge in [-0.1, -0.05) is 13.8 Å². The van der Waals surface area contributed by atoms with E-state index in [2.05, 4.69) is 19.2 Å². The molecule has 3 N–H and O–H groups in total. The van der Waals surface area contributed by atoms with Gasteiger partial charge < -0.3 is 20.6 Å². The molecule has 0 radical (unpaired) electrons. The lowest BCUT2D eigenvalue weighted by atomic mass is 9.84. The van der Waals surface area contributed by atoms with Crippen LogP contribution in [0.5, 0.6) is 0 Å². The topological polar surface area (TPSA) is 99.2 Å². The number of aryl methyl sites for hydroxylation is 1. The zero-order valence-corrected chi connectivity index (χ0v) is 18.0. The fourth-order valence-corrected chi connectivity index (χ4v) is 3.29. The van der Waals surface area contributed by atoms with Gasteiger partial charge in [0.2, 0.25) is 0 Å². The molecular formula is C22H32N4O3. The number of nitrogens with one attached hydrogen (secondary N) is 1. The maximum Gasteiger partial charge on any atom is 0.250 e. The molecule has 0 bridgehead atoms. The van der Waals surface area contributed by atoms with E-state index in [0.717, 1.165) is 35.3 Å². The molecule has 1 aromatic heterocycles. The second kappa shape index (κ2) is 9.69. The number of hydrogen-bond acceptors (Lipinski definition) is 5. The molecule has 0 saturated heterocycles. The van der Waals surface area contributed by atoms with Gasteiger partial charge in [0.05, 0.1) is 16.9 Å². The summed E-state index contributed by atoms with van der Waals surface area (Å²) in [5.74, 6) is -0.481. The van der Waals surface area contributed by atoms with Crippen LogP contribution in [0.1, 0.15) is 54.0 Å². The van der Waals surface area contributed by atoms with Gasteiger partial charge in [-0.15, -0.1) is 0 Å². The van der Waals surface area contributed by atoms with E-state index < -0.39 is 5.91 Å². The largest absolute Gasteiger partial charge is 0.385 e. The first-order chi connectivity index (χ1) is 13.7. The van der Waals surface area contributed by atoms with Gasteiger partial charge in [0, 0.05) is 38.1 Å². The SMILES string of the molecule is COCCCNc1cc(-n2nc(C)c(C)c2CC(C)(C)CC=O)ccc1C(N)=O. The predicted molar refractivity (Wildman–Crippen MR) is 115 cm³/mol. The smallest absolute Gasteiger partial charge is 0.250 e. The molecular weight excluding hydrogens is 368 g/mol. The maximum atomic E-state index is 11.8. The monoisotopic (exact) mass is 400 g/mol. The summed E-state index contributed by atoms with van der Waals surface area (Å²) in [6, 6.07) is 5.47. The van der Waals surface area contributed by atoms with Crippen LogP contribution in [0, 0.1) is 19.3 Å². The van der Waals surface area contributed by atoms with Crippen molar-refractivity contribution in [2.24, 2.45) is 11.1 Å². The van der Waals surface area contributed by atoms with E-state index in [-0.39, 0.29) is 5.41 Å². The fourth-order valence-electron chi connectivity index (χ4n) is 3.29. The third kappa shape index (κ3) is 5.67. The summed E-state index contributed by atoms with van der Waals surface area (Å²) in [4.78, 5) is 22.9.